The van der Waals surface area contributed by atoms with Crippen molar-refractivity contribution in [2.45, 2.75) is 18.8 Å². The SMILES string of the molecule is C=C1CC(c2ccncc2)C1. The number of aromatic nitrogens is 1. The summed E-state index contributed by atoms with van der Waals surface area (Å²) in [6, 6.07) is 4.19. The van der Waals surface area contributed by atoms with Crippen molar-refractivity contribution in [2.75, 3.05) is 0 Å². The average Bonchev–Trinajstić information content (AvgIpc) is 2.01. The van der Waals surface area contributed by atoms with Crippen molar-refractivity contribution in [1.29, 1.82) is 0 Å². The number of hydrogen-bond donors (Lipinski definition) is 0. The van der Waals surface area contributed by atoms with Crippen LogP contribution in [0.1, 0.15) is 24.3 Å². The van der Waals surface area contributed by atoms with Crippen LogP contribution in [0.25, 0.3) is 0 Å². The van der Waals surface area contributed by atoms with Gasteiger partial charge in [0.15, 0.2) is 0 Å². The molecule has 1 heterocycles. The molecule has 1 aromatic heterocycles. The molecule has 56 valence electrons. The highest BCUT2D eigenvalue weighted by Gasteiger charge is 2.22. The molecule has 0 amide bonds. The second-order valence-corrected chi connectivity index (χ2v) is 3.14. The molecular weight excluding hydrogens is 134 g/mol. The monoisotopic (exact) mass is 145 g/mol. The minimum absolute atomic E-state index is 0.727. The molecule has 1 saturated carbocycles. The van der Waals surface area contributed by atoms with E-state index >= 15 is 0 Å². The van der Waals surface area contributed by atoms with E-state index in [0.29, 0.717) is 0 Å². The third kappa shape index (κ3) is 1.18. The van der Waals surface area contributed by atoms with E-state index in [-0.39, 0.29) is 0 Å². The molecule has 0 unspecified atom stereocenters. The van der Waals surface area contributed by atoms with Crippen LogP contribution in [-0.2, 0) is 0 Å². The van der Waals surface area contributed by atoms with Crippen LogP contribution < -0.4 is 0 Å². The Morgan fingerprint density at radius 2 is 1.91 bits per heavy atom. The van der Waals surface area contributed by atoms with Crippen molar-refractivity contribution < 1.29 is 0 Å². The molecule has 1 aromatic rings. The van der Waals surface area contributed by atoms with E-state index in [9.17, 15) is 0 Å². The number of rotatable bonds is 1. The van der Waals surface area contributed by atoms with E-state index in [2.05, 4.69) is 23.7 Å². The molecule has 0 bridgehead atoms. The molecule has 0 radical (unpaired) electrons. The highest BCUT2D eigenvalue weighted by atomic mass is 14.6. The molecule has 1 nitrogen and oxygen atoms in total. The van der Waals surface area contributed by atoms with Gasteiger partial charge in [-0.15, -0.1) is 0 Å². The van der Waals surface area contributed by atoms with E-state index < -0.39 is 0 Å². The summed E-state index contributed by atoms with van der Waals surface area (Å²) in [6.45, 7) is 3.92. The van der Waals surface area contributed by atoms with Crippen LogP contribution in [0.5, 0.6) is 0 Å². The van der Waals surface area contributed by atoms with E-state index in [0.717, 1.165) is 5.92 Å². The molecule has 0 saturated heterocycles. The van der Waals surface area contributed by atoms with Gasteiger partial charge < -0.3 is 0 Å². The largest absolute Gasteiger partial charge is 0.265 e. The predicted octanol–water partition coefficient (Wildman–Crippen LogP) is 2.52. The molecule has 2 rings (SSSR count). The molecule has 0 aromatic carbocycles. The molecule has 0 aliphatic heterocycles. The van der Waals surface area contributed by atoms with E-state index in [4.69, 9.17) is 0 Å². The Hall–Kier alpha value is -1.11. The molecule has 11 heavy (non-hydrogen) atoms. The Balaban J connectivity index is 2.13. The first-order chi connectivity index (χ1) is 5.36. The summed E-state index contributed by atoms with van der Waals surface area (Å²) in [7, 11) is 0. The quantitative estimate of drug-likeness (QED) is 0.553. The maximum atomic E-state index is 3.98. The smallest absolute Gasteiger partial charge is 0.0270 e. The molecule has 0 N–H and O–H groups in total. The predicted molar refractivity (Wildman–Crippen MR) is 45.4 cm³/mol. The van der Waals surface area contributed by atoms with Crippen molar-refractivity contribution in [3.8, 4) is 0 Å². The van der Waals surface area contributed by atoms with Crippen LogP contribution in [0.3, 0.4) is 0 Å². The fourth-order valence-electron chi connectivity index (χ4n) is 1.51. The second-order valence-electron chi connectivity index (χ2n) is 3.14. The number of pyridine rings is 1. The molecule has 0 atom stereocenters. The molecule has 1 aliphatic carbocycles. The Kier molecular flexibility index (Phi) is 1.50. The fourth-order valence-corrected chi connectivity index (χ4v) is 1.51. The van der Waals surface area contributed by atoms with Crippen LogP contribution in [0.2, 0.25) is 0 Å². The third-order valence-electron chi connectivity index (χ3n) is 2.25. The number of hydrogen-bond acceptors (Lipinski definition) is 1. The summed E-state index contributed by atoms with van der Waals surface area (Å²) in [5.74, 6) is 0.727. The van der Waals surface area contributed by atoms with Gasteiger partial charge in [0.2, 0.25) is 0 Å². The topological polar surface area (TPSA) is 12.9 Å². The zero-order valence-corrected chi connectivity index (χ0v) is 6.46. The number of allylic oxidation sites excluding steroid dienone is 1. The second kappa shape index (κ2) is 2.50. The highest BCUT2D eigenvalue weighted by Crippen LogP contribution is 2.39. The minimum atomic E-state index is 0.727. The van der Waals surface area contributed by atoms with E-state index in [1.807, 2.05) is 12.4 Å². The Labute approximate surface area is 66.8 Å². The lowest BCUT2D eigenvalue weighted by atomic mass is 9.77. The summed E-state index contributed by atoms with van der Waals surface area (Å²) in [5, 5.41) is 0. The van der Waals surface area contributed by atoms with Gasteiger partial charge in [0, 0.05) is 12.4 Å². The zero-order valence-electron chi connectivity index (χ0n) is 6.46. The van der Waals surface area contributed by atoms with Gasteiger partial charge in [-0.1, -0.05) is 12.2 Å². The summed E-state index contributed by atoms with van der Waals surface area (Å²) in [6.07, 6.45) is 6.06. The first-order valence-corrected chi connectivity index (χ1v) is 3.93. The average molecular weight is 145 g/mol. The normalized spacial score (nSPS) is 18.0. The first kappa shape index (κ1) is 6.59. The van der Waals surface area contributed by atoms with Gasteiger partial charge in [-0.3, -0.25) is 4.98 Å². The van der Waals surface area contributed by atoms with Crippen LogP contribution >= 0.6 is 0 Å². The van der Waals surface area contributed by atoms with Gasteiger partial charge >= 0.3 is 0 Å². The van der Waals surface area contributed by atoms with Gasteiger partial charge in [0.05, 0.1) is 0 Å². The van der Waals surface area contributed by atoms with Crippen LogP contribution in [0, 0.1) is 0 Å². The zero-order chi connectivity index (χ0) is 7.68. The summed E-state index contributed by atoms with van der Waals surface area (Å²) < 4.78 is 0. The summed E-state index contributed by atoms with van der Waals surface area (Å²) in [5.41, 5.74) is 2.79. The number of nitrogens with zero attached hydrogens (tertiary/aromatic N) is 1. The van der Waals surface area contributed by atoms with Crippen LogP contribution in [-0.4, -0.2) is 4.98 Å². The molecule has 0 spiro atoms. The molecular formula is C10H11N. The van der Waals surface area contributed by atoms with Gasteiger partial charge in [0.25, 0.3) is 0 Å². The summed E-state index contributed by atoms with van der Waals surface area (Å²) in [4.78, 5) is 3.98. The van der Waals surface area contributed by atoms with E-state index in [1.165, 1.54) is 24.0 Å². The van der Waals surface area contributed by atoms with Crippen molar-refractivity contribution in [1.82, 2.24) is 4.98 Å². The lowest BCUT2D eigenvalue weighted by molar-refractivity contribution is 0.552. The fraction of sp³-hybridized carbons (Fsp3) is 0.300. The highest BCUT2D eigenvalue weighted by molar-refractivity contribution is 5.26. The maximum absolute atomic E-state index is 3.98. The van der Waals surface area contributed by atoms with Crippen molar-refractivity contribution >= 4 is 0 Å². The maximum Gasteiger partial charge on any atom is 0.0270 e. The van der Waals surface area contributed by atoms with Gasteiger partial charge in [-0.05, 0) is 36.5 Å². The third-order valence-corrected chi connectivity index (χ3v) is 2.25. The lowest BCUT2D eigenvalue weighted by Crippen LogP contribution is -2.11. The Morgan fingerprint density at radius 3 is 2.45 bits per heavy atom. The molecule has 1 heteroatoms. The van der Waals surface area contributed by atoms with Crippen LogP contribution in [0.15, 0.2) is 36.7 Å². The first-order valence-electron chi connectivity index (χ1n) is 3.93. The molecule has 1 aliphatic rings. The van der Waals surface area contributed by atoms with Gasteiger partial charge in [0.1, 0.15) is 0 Å². The lowest BCUT2D eigenvalue weighted by Gasteiger charge is -2.28. The van der Waals surface area contributed by atoms with Crippen molar-refractivity contribution in [2.24, 2.45) is 0 Å². The minimum Gasteiger partial charge on any atom is -0.265 e. The Morgan fingerprint density at radius 1 is 1.27 bits per heavy atom. The Bertz CT molecular complexity index is 255. The molecule has 1 fully saturated rings. The standard InChI is InChI=1S/C10H11N/c1-8-6-10(7-8)9-2-4-11-5-3-9/h2-5,10H,1,6-7H2. The van der Waals surface area contributed by atoms with Crippen LogP contribution in [0.4, 0.5) is 0 Å². The van der Waals surface area contributed by atoms with Crippen molar-refractivity contribution in [3.05, 3.63) is 42.2 Å². The van der Waals surface area contributed by atoms with Crippen molar-refractivity contribution in [3.63, 3.8) is 0 Å². The van der Waals surface area contributed by atoms with Gasteiger partial charge in [-0.2, -0.15) is 0 Å². The van der Waals surface area contributed by atoms with E-state index in [1.54, 1.807) is 0 Å². The van der Waals surface area contributed by atoms with Gasteiger partial charge in [-0.25, -0.2) is 0 Å². The summed E-state index contributed by atoms with van der Waals surface area (Å²) >= 11 is 0.